The number of carbonyl (C=O) groups is 1. The van der Waals surface area contributed by atoms with Crippen LogP contribution in [0.4, 0.5) is 5.69 Å². The largest absolute Gasteiger partial charge is 0.497 e. The third-order valence-corrected chi connectivity index (χ3v) is 5.22. The highest BCUT2D eigenvalue weighted by Crippen LogP contribution is 2.36. The van der Waals surface area contributed by atoms with E-state index in [9.17, 15) is 9.90 Å². The van der Waals surface area contributed by atoms with Gasteiger partial charge < -0.3 is 20.3 Å². The summed E-state index contributed by atoms with van der Waals surface area (Å²) in [4.78, 5) is 11.8. The molecule has 2 aromatic carbocycles. The van der Waals surface area contributed by atoms with Gasteiger partial charge in [0, 0.05) is 11.6 Å². The van der Waals surface area contributed by atoms with Crippen molar-refractivity contribution in [2.75, 3.05) is 20.0 Å². The molecule has 8 nitrogen and oxygen atoms in total. The van der Waals surface area contributed by atoms with Crippen LogP contribution in [0.1, 0.15) is 17.3 Å². The van der Waals surface area contributed by atoms with E-state index < -0.39 is 0 Å². The van der Waals surface area contributed by atoms with Crippen molar-refractivity contribution in [3.05, 3.63) is 66.2 Å². The predicted octanol–water partition coefficient (Wildman–Crippen LogP) is 4.11. The SMILES string of the molecule is COc1ccc(-c2nnc(O)n2-c2cccc(C(C)=O)c2N)c(OC)c1.c1cc2ccc1-2. The Kier molecular flexibility index (Phi) is 5.51. The first-order valence-electron chi connectivity index (χ1n) is 9.81. The molecule has 3 N–H and O–H groups in total. The number of nitrogen functional groups attached to an aromatic ring is 1. The Labute approximate surface area is 184 Å². The zero-order valence-corrected chi connectivity index (χ0v) is 17.9. The maximum absolute atomic E-state index is 11.8. The number of rotatable bonds is 5. The first-order chi connectivity index (χ1) is 15.4. The van der Waals surface area contributed by atoms with Gasteiger partial charge in [-0.1, -0.05) is 35.4 Å². The van der Waals surface area contributed by atoms with Gasteiger partial charge in [0.2, 0.25) is 0 Å². The molecule has 2 aliphatic carbocycles. The Morgan fingerprint density at radius 1 is 0.969 bits per heavy atom. The van der Waals surface area contributed by atoms with Crippen molar-refractivity contribution in [2.45, 2.75) is 6.92 Å². The van der Waals surface area contributed by atoms with E-state index in [1.165, 1.54) is 29.7 Å². The quantitative estimate of drug-likeness (QED) is 0.319. The number of para-hydroxylation sites is 1. The summed E-state index contributed by atoms with van der Waals surface area (Å²) in [5.74, 6) is 1.23. The van der Waals surface area contributed by atoms with Crippen LogP contribution in [0.15, 0.2) is 60.7 Å². The standard InChI is InChI=1S/C18H18N4O4.C6H4/c1-10(23)12-5-4-6-14(16(12)19)22-17(20-21-18(22)24)13-8-7-11(25-2)9-15(13)26-3;1-2-6-4-3-5(1)6/h4-9H,19H2,1-3H3,(H,21,24);1-4H. The normalized spacial score (nSPS) is 10.7. The number of carbonyl (C=O) groups excluding carboxylic acids is 1. The molecule has 0 saturated heterocycles. The molecule has 1 heterocycles. The molecule has 0 radical (unpaired) electrons. The molecule has 0 aliphatic heterocycles. The highest BCUT2D eigenvalue weighted by atomic mass is 16.5. The van der Waals surface area contributed by atoms with Gasteiger partial charge in [-0.15, -0.1) is 5.10 Å². The zero-order valence-electron chi connectivity index (χ0n) is 17.9. The number of aromatic hydroxyl groups is 1. The fraction of sp³-hybridized carbons (Fsp3) is 0.125. The average Bonchev–Trinajstić information content (AvgIpc) is 3.16. The van der Waals surface area contributed by atoms with Crippen LogP contribution in [-0.4, -0.2) is 39.9 Å². The molecule has 8 heteroatoms. The highest BCUT2D eigenvalue weighted by molar-refractivity contribution is 6.00. The molecule has 0 spiro atoms. The molecule has 0 bridgehead atoms. The summed E-state index contributed by atoms with van der Waals surface area (Å²) in [7, 11) is 3.07. The minimum absolute atomic E-state index is 0.180. The average molecular weight is 430 g/mol. The molecule has 0 saturated carbocycles. The van der Waals surface area contributed by atoms with E-state index in [4.69, 9.17) is 15.2 Å². The number of hydrogen-bond acceptors (Lipinski definition) is 7. The molecule has 0 amide bonds. The number of aromatic nitrogens is 3. The molecular formula is C24H22N4O4. The number of benzene rings is 3. The number of Topliss-reactive ketones (excluding diaryl/α,β-unsaturated/α-hetero) is 1. The van der Waals surface area contributed by atoms with Gasteiger partial charge in [0.05, 0.1) is 31.2 Å². The number of fused-ring (bicyclic) bond motifs is 1. The van der Waals surface area contributed by atoms with Crippen LogP contribution in [0.25, 0.3) is 28.2 Å². The maximum atomic E-state index is 11.8. The Balaban J connectivity index is 0.000000346. The maximum Gasteiger partial charge on any atom is 0.319 e. The fourth-order valence-corrected chi connectivity index (χ4v) is 3.37. The van der Waals surface area contributed by atoms with E-state index in [0.29, 0.717) is 34.1 Å². The Morgan fingerprint density at radius 3 is 2.19 bits per heavy atom. The molecular weight excluding hydrogens is 408 g/mol. The molecule has 0 unspecified atom stereocenters. The van der Waals surface area contributed by atoms with Crippen molar-refractivity contribution >= 4 is 11.5 Å². The minimum atomic E-state index is -0.356. The summed E-state index contributed by atoms with van der Waals surface area (Å²) in [5.41, 5.74) is 10.5. The van der Waals surface area contributed by atoms with Crippen molar-refractivity contribution in [3.63, 3.8) is 0 Å². The first-order valence-corrected chi connectivity index (χ1v) is 9.81. The summed E-state index contributed by atoms with van der Waals surface area (Å²) in [5, 5.41) is 18.0. The topological polar surface area (TPSA) is 112 Å². The molecule has 0 fully saturated rings. The van der Waals surface area contributed by atoms with Gasteiger partial charge in [-0.3, -0.25) is 4.79 Å². The smallest absolute Gasteiger partial charge is 0.319 e. The van der Waals surface area contributed by atoms with Crippen LogP contribution in [0.3, 0.4) is 0 Å². The number of methoxy groups -OCH3 is 2. The van der Waals surface area contributed by atoms with Gasteiger partial charge in [-0.25, -0.2) is 4.57 Å². The van der Waals surface area contributed by atoms with E-state index >= 15 is 0 Å². The lowest BCUT2D eigenvalue weighted by molar-refractivity contribution is 0.101. The van der Waals surface area contributed by atoms with Gasteiger partial charge >= 0.3 is 6.01 Å². The molecule has 5 rings (SSSR count). The first kappa shape index (κ1) is 20.9. The summed E-state index contributed by atoms with van der Waals surface area (Å²) in [6.45, 7) is 1.43. The van der Waals surface area contributed by atoms with E-state index in [1.54, 1.807) is 43.5 Å². The number of ether oxygens (including phenoxy) is 2. The van der Waals surface area contributed by atoms with Gasteiger partial charge in [-0.2, -0.15) is 0 Å². The number of anilines is 1. The Morgan fingerprint density at radius 2 is 1.66 bits per heavy atom. The van der Waals surface area contributed by atoms with Crippen molar-refractivity contribution < 1.29 is 19.4 Å². The van der Waals surface area contributed by atoms with E-state index in [2.05, 4.69) is 34.5 Å². The summed E-state index contributed by atoms with van der Waals surface area (Å²) in [6, 6.07) is 18.3. The molecule has 2 aliphatic rings. The van der Waals surface area contributed by atoms with Crippen LogP contribution >= 0.6 is 0 Å². The van der Waals surface area contributed by atoms with Crippen molar-refractivity contribution in [3.8, 4) is 45.7 Å². The fourth-order valence-electron chi connectivity index (χ4n) is 3.37. The Bertz CT molecular complexity index is 1280. The molecule has 1 aromatic heterocycles. The second-order valence-corrected chi connectivity index (χ2v) is 7.10. The monoisotopic (exact) mass is 430 g/mol. The third kappa shape index (κ3) is 3.62. The van der Waals surface area contributed by atoms with Crippen molar-refractivity contribution in [2.24, 2.45) is 0 Å². The lowest BCUT2D eigenvalue weighted by atomic mass is 9.95. The highest BCUT2D eigenvalue weighted by Gasteiger charge is 2.21. The van der Waals surface area contributed by atoms with Gasteiger partial charge in [-0.05, 0) is 42.3 Å². The summed E-state index contributed by atoms with van der Waals surface area (Å²) < 4.78 is 12.0. The van der Waals surface area contributed by atoms with Crippen LogP contribution in [-0.2, 0) is 0 Å². The second-order valence-electron chi connectivity index (χ2n) is 7.10. The number of nitrogens with two attached hydrogens (primary N) is 1. The van der Waals surface area contributed by atoms with E-state index in [0.717, 1.165) is 0 Å². The summed E-state index contributed by atoms with van der Waals surface area (Å²) in [6.07, 6.45) is 0. The van der Waals surface area contributed by atoms with Crippen molar-refractivity contribution in [1.29, 1.82) is 0 Å². The van der Waals surface area contributed by atoms with Crippen LogP contribution in [0.5, 0.6) is 17.5 Å². The zero-order chi connectivity index (χ0) is 22.8. The lowest BCUT2D eigenvalue weighted by Gasteiger charge is -2.14. The molecule has 3 aromatic rings. The molecule has 32 heavy (non-hydrogen) atoms. The van der Waals surface area contributed by atoms with Crippen LogP contribution in [0.2, 0.25) is 0 Å². The predicted molar refractivity (Wildman–Crippen MR) is 121 cm³/mol. The minimum Gasteiger partial charge on any atom is -0.497 e. The number of nitrogens with zero attached hydrogens (tertiary/aromatic N) is 3. The Hall–Kier alpha value is -4.33. The molecule has 162 valence electrons. The third-order valence-electron chi connectivity index (χ3n) is 5.22. The second kappa shape index (κ2) is 8.43. The lowest BCUT2D eigenvalue weighted by Crippen LogP contribution is -2.07. The molecule has 0 atom stereocenters. The summed E-state index contributed by atoms with van der Waals surface area (Å²) >= 11 is 0. The van der Waals surface area contributed by atoms with E-state index in [-0.39, 0.29) is 17.5 Å². The van der Waals surface area contributed by atoms with E-state index in [1.807, 2.05) is 0 Å². The van der Waals surface area contributed by atoms with Gasteiger partial charge in [0.15, 0.2) is 11.6 Å². The number of ketones is 1. The van der Waals surface area contributed by atoms with Crippen LogP contribution < -0.4 is 15.2 Å². The van der Waals surface area contributed by atoms with Crippen LogP contribution in [0, 0.1) is 0 Å². The van der Waals surface area contributed by atoms with Gasteiger partial charge in [0.1, 0.15) is 11.5 Å². The van der Waals surface area contributed by atoms with Gasteiger partial charge in [0.25, 0.3) is 0 Å². The van der Waals surface area contributed by atoms with Crippen molar-refractivity contribution in [1.82, 2.24) is 14.8 Å². The number of hydrogen-bond donors (Lipinski definition) is 2.